The lowest BCUT2D eigenvalue weighted by molar-refractivity contribution is -0.137. The number of benzene rings is 11. The van der Waals surface area contributed by atoms with Crippen molar-refractivity contribution in [2.45, 2.75) is 89.3 Å². The van der Waals surface area contributed by atoms with E-state index in [9.17, 15) is 13.2 Å². The number of halogens is 3. The first-order valence-corrected chi connectivity index (χ1v) is 29.8. The average Bonchev–Trinajstić information content (AvgIpc) is 1.60. The Hall–Kier alpha value is -10.2. The second kappa shape index (κ2) is 21.3. The molecule has 0 atom stereocenters. The molecule has 7 heteroatoms. The molecule has 0 amide bonds. The van der Waals surface area contributed by atoms with E-state index in [-0.39, 0.29) is 5.69 Å². The molecule has 13 aromatic rings. The number of nitrogens with zero attached hydrogens (tertiary/aromatic N) is 4. The van der Waals surface area contributed by atoms with Gasteiger partial charge in [0.05, 0.1) is 40.9 Å². The van der Waals surface area contributed by atoms with Crippen LogP contribution >= 0.6 is 0 Å². The lowest BCUT2D eigenvalue weighted by Crippen LogP contribution is -2.04. The Kier molecular flexibility index (Phi) is 13.8. The molecule has 2 heterocycles. The topological polar surface area (TPSA) is 18.6 Å². The van der Waals surface area contributed by atoms with Crippen molar-refractivity contribution in [2.24, 2.45) is 0 Å². The average molecular weight is 1150 g/mol. The third-order valence-corrected chi connectivity index (χ3v) is 18.0. The van der Waals surface area contributed by atoms with Gasteiger partial charge in [-0.3, -0.25) is 0 Å². The highest BCUT2D eigenvalue weighted by Crippen LogP contribution is 2.48. The van der Waals surface area contributed by atoms with Gasteiger partial charge in [-0.15, -0.1) is 0 Å². The maximum atomic E-state index is 14.3. The van der Waals surface area contributed by atoms with Gasteiger partial charge in [-0.05, 0) is 273 Å². The number of hydrogen-bond acceptors (Lipinski definition) is 0. The third kappa shape index (κ3) is 9.54. The monoisotopic (exact) mass is 1150 g/mol. The van der Waals surface area contributed by atoms with Gasteiger partial charge in [0.25, 0.3) is 0 Å². The highest BCUT2D eigenvalue weighted by Gasteiger charge is 2.31. The largest absolute Gasteiger partial charge is 0.415 e. The summed E-state index contributed by atoms with van der Waals surface area (Å²) in [5.41, 5.74) is 30.7. The van der Waals surface area contributed by atoms with Gasteiger partial charge in [-0.2, -0.15) is 13.2 Å². The zero-order valence-corrected chi connectivity index (χ0v) is 51.7. The minimum atomic E-state index is -4.64. The lowest BCUT2D eigenvalue weighted by atomic mass is 9.91. The Labute approximate surface area is 513 Å². The van der Waals surface area contributed by atoms with Crippen LogP contribution < -0.4 is 0 Å². The Bertz CT molecular complexity index is 4920. The van der Waals surface area contributed by atoms with E-state index in [2.05, 4.69) is 229 Å². The summed E-state index contributed by atoms with van der Waals surface area (Å²) in [7, 11) is 0. The zero-order chi connectivity index (χ0) is 61.9. The normalized spacial score (nSPS) is 11.8. The lowest BCUT2D eigenvalue weighted by Gasteiger charge is -2.19. The van der Waals surface area contributed by atoms with Crippen molar-refractivity contribution in [1.29, 1.82) is 0 Å². The molecule has 0 aliphatic carbocycles. The van der Waals surface area contributed by atoms with E-state index in [4.69, 9.17) is 13.1 Å². The fourth-order valence-electron chi connectivity index (χ4n) is 14.9. The van der Waals surface area contributed by atoms with Gasteiger partial charge in [-0.1, -0.05) is 119 Å². The van der Waals surface area contributed by atoms with Crippen molar-refractivity contribution in [2.75, 3.05) is 0 Å². The van der Waals surface area contributed by atoms with Crippen LogP contribution in [0, 0.1) is 96.2 Å². The first kappa shape index (κ1) is 56.9. The van der Waals surface area contributed by atoms with Crippen LogP contribution in [0.3, 0.4) is 0 Å². The first-order valence-electron chi connectivity index (χ1n) is 29.8. The van der Waals surface area contributed by atoms with Crippen molar-refractivity contribution in [3.05, 3.63) is 271 Å². The van der Waals surface area contributed by atoms with Gasteiger partial charge >= 0.3 is 6.18 Å². The van der Waals surface area contributed by atoms with Gasteiger partial charge in [0.1, 0.15) is 0 Å². The predicted molar refractivity (Wildman–Crippen MR) is 362 cm³/mol. The molecule has 11 aromatic carbocycles. The second-order valence-corrected chi connectivity index (χ2v) is 24.6. The molecular weight excluding hydrogens is 1090 g/mol. The molecule has 13 rings (SSSR count). The Morgan fingerprint density at radius 2 is 0.659 bits per heavy atom. The Balaban J connectivity index is 1.11. The van der Waals surface area contributed by atoms with Crippen LogP contribution in [0.1, 0.15) is 72.3 Å². The predicted octanol–water partition coefficient (Wildman–Crippen LogP) is 23.7. The van der Waals surface area contributed by atoms with Crippen molar-refractivity contribution in [3.63, 3.8) is 0 Å². The minimum absolute atomic E-state index is 0.121. The minimum Gasteiger partial charge on any atom is -0.309 e. The summed E-state index contributed by atoms with van der Waals surface area (Å²) >= 11 is 0. The quantitative estimate of drug-likeness (QED) is 0.135. The molecule has 0 N–H and O–H groups in total. The molecule has 0 bridgehead atoms. The summed E-state index contributed by atoms with van der Waals surface area (Å²) in [5.74, 6) is 0. The third-order valence-electron chi connectivity index (χ3n) is 18.0. The van der Waals surface area contributed by atoms with E-state index < -0.39 is 11.7 Å². The highest BCUT2D eigenvalue weighted by molar-refractivity contribution is 6.14. The van der Waals surface area contributed by atoms with Gasteiger partial charge < -0.3 is 9.13 Å². The van der Waals surface area contributed by atoms with Crippen LogP contribution in [0.4, 0.5) is 24.5 Å². The molecule has 88 heavy (non-hydrogen) atoms. The number of rotatable bonds is 8. The first-order chi connectivity index (χ1) is 42.1. The molecule has 0 aliphatic heterocycles. The van der Waals surface area contributed by atoms with E-state index >= 15 is 0 Å². The van der Waals surface area contributed by atoms with Gasteiger partial charge in [0.2, 0.25) is 0 Å². The van der Waals surface area contributed by atoms with Crippen molar-refractivity contribution in [1.82, 2.24) is 9.13 Å². The molecule has 430 valence electrons. The molecule has 0 radical (unpaired) electrons. The summed E-state index contributed by atoms with van der Waals surface area (Å²) in [4.78, 5) is 7.93. The number of alkyl halides is 3. The van der Waals surface area contributed by atoms with Crippen LogP contribution in [0.25, 0.3) is 131 Å². The van der Waals surface area contributed by atoms with Crippen molar-refractivity contribution in [3.8, 4) is 78.1 Å². The summed E-state index contributed by atoms with van der Waals surface area (Å²) in [6.45, 7) is 43.1. The maximum absolute atomic E-state index is 14.3. The Morgan fingerprint density at radius 3 is 1.01 bits per heavy atom. The summed E-state index contributed by atoms with van der Waals surface area (Å²) in [6.07, 6.45) is -4.64. The van der Waals surface area contributed by atoms with E-state index in [1.54, 1.807) is 0 Å². The van der Waals surface area contributed by atoms with Crippen molar-refractivity contribution >= 4 is 55.0 Å². The molecule has 0 saturated heterocycles. The van der Waals surface area contributed by atoms with Crippen LogP contribution in [0.2, 0.25) is 0 Å². The summed E-state index contributed by atoms with van der Waals surface area (Å²) in [5, 5.41) is 4.25. The molecule has 0 unspecified atom stereocenters. The van der Waals surface area contributed by atoms with Gasteiger partial charge in [-0.25, -0.2) is 9.69 Å². The highest BCUT2D eigenvalue weighted by atomic mass is 19.4. The standard InChI is InChI=1S/C81H65F3N4/c1-44-29-48(5)77(49(6)30-44)57-16-25-72-66(38-57)67-39-58(78-50(7)31-45(2)32-51(78)8)17-26-73(67)87(72)62-21-23-70(85-13)64(43-62)65-37-56(63-22-20-61(81(82,83)84)42-71(63)86-14)15-24-74(65)88-75-27-18-59(79-52(9)33-46(3)34-53(79)10)40-68(75)69-41-60(19-28-76(69)88)80-54(11)35-47(4)36-55(80)12/h15-43H,1-12H3. The Morgan fingerprint density at radius 1 is 0.307 bits per heavy atom. The molecule has 4 nitrogen and oxygen atoms in total. The zero-order valence-electron chi connectivity index (χ0n) is 51.7. The smallest absolute Gasteiger partial charge is 0.309 e. The summed E-state index contributed by atoms with van der Waals surface area (Å²) < 4.78 is 47.5. The van der Waals surface area contributed by atoms with Crippen LogP contribution in [-0.2, 0) is 6.18 Å². The fourth-order valence-corrected chi connectivity index (χ4v) is 14.9. The van der Waals surface area contributed by atoms with Gasteiger partial charge in [0.15, 0.2) is 11.4 Å². The molecule has 2 aromatic heterocycles. The number of aromatic nitrogens is 2. The van der Waals surface area contributed by atoms with Gasteiger partial charge in [0, 0.05) is 32.8 Å². The molecular formula is C81H65F3N4. The number of fused-ring (bicyclic) bond motifs is 6. The van der Waals surface area contributed by atoms with E-state index in [1.165, 1.54) is 95.1 Å². The van der Waals surface area contributed by atoms with Crippen LogP contribution in [0.15, 0.2) is 176 Å². The second-order valence-electron chi connectivity index (χ2n) is 24.6. The molecule has 0 aliphatic rings. The van der Waals surface area contributed by atoms with Crippen LogP contribution in [0.5, 0.6) is 0 Å². The van der Waals surface area contributed by atoms with E-state index in [1.807, 2.05) is 30.3 Å². The fraction of sp³-hybridized carbons (Fsp3) is 0.160. The molecule has 0 spiro atoms. The van der Waals surface area contributed by atoms with Crippen molar-refractivity contribution < 1.29 is 13.2 Å². The molecule has 0 fully saturated rings. The molecule has 0 saturated carbocycles. The number of hydrogen-bond donors (Lipinski definition) is 0. The number of aryl methyl sites for hydroxylation is 12. The maximum Gasteiger partial charge on any atom is 0.415 e. The SMILES string of the molecule is [C-]#[N+]c1cc(C(F)(F)F)ccc1-c1ccc(-n2c3ccc(-c4c(C)cc(C)cc4C)cc3c3cc(-c4c(C)cc(C)cc4C)ccc32)c(-c2cc(-n3c4ccc(-c5c(C)cc(C)cc5C)cc4c4cc(-c5c(C)cc(C)cc5C)ccc43)ccc2[N+]#[C-])c1. The van der Waals surface area contributed by atoms with E-state index in [0.717, 1.165) is 89.4 Å². The summed E-state index contributed by atoms with van der Waals surface area (Å²) in [6, 6.07) is 60.1. The van der Waals surface area contributed by atoms with E-state index in [0.29, 0.717) is 27.9 Å². The van der Waals surface area contributed by atoms with Crippen LogP contribution in [-0.4, -0.2) is 9.13 Å².